The molecule has 1 fully saturated rings. The summed E-state index contributed by atoms with van der Waals surface area (Å²) in [5.41, 5.74) is -4.86. The van der Waals surface area contributed by atoms with Crippen LogP contribution in [0.2, 0.25) is 0 Å². The van der Waals surface area contributed by atoms with Crippen LogP contribution in [0.5, 0.6) is 0 Å². The average Bonchev–Trinajstić information content (AvgIpc) is 1.94. The van der Waals surface area contributed by atoms with E-state index in [1.807, 2.05) is 0 Å². The van der Waals surface area contributed by atoms with Crippen molar-refractivity contribution in [2.24, 2.45) is 0 Å². The third kappa shape index (κ3) is 1.42. The number of halogens is 10. The minimum absolute atomic E-state index is 2.85. The summed E-state index contributed by atoms with van der Waals surface area (Å²) in [5.74, 6) is 0. The standard InChI is InChI=1S/C5Cl3F7O/c6-2(9)1(3(7,10)11,4(8,12)13)16-5(2,14)15/t2-/m0/s1. The Bertz CT molecular complexity index is 292. The Kier molecular flexibility index (Phi) is 2.89. The van der Waals surface area contributed by atoms with Crippen LogP contribution in [0.3, 0.4) is 0 Å². The van der Waals surface area contributed by atoms with Gasteiger partial charge < -0.3 is 0 Å². The van der Waals surface area contributed by atoms with Gasteiger partial charge in [0.25, 0.3) is 5.60 Å². The predicted octanol–water partition coefficient (Wildman–Crippen LogP) is 3.92. The van der Waals surface area contributed by atoms with Crippen molar-refractivity contribution in [1.29, 1.82) is 0 Å². The third-order valence-electron chi connectivity index (χ3n) is 1.89. The van der Waals surface area contributed by atoms with Gasteiger partial charge in [-0.15, -0.1) is 0 Å². The SMILES string of the molecule is FC(F)(Cl)C1(C(F)(F)Cl)OC(F)(F)[C@]1(F)Cl. The van der Waals surface area contributed by atoms with E-state index in [1.165, 1.54) is 0 Å². The topological polar surface area (TPSA) is 9.23 Å². The first kappa shape index (κ1) is 14.4. The Morgan fingerprint density at radius 2 is 1.19 bits per heavy atom. The molecule has 0 saturated carbocycles. The number of alkyl halides is 10. The van der Waals surface area contributed by atoms with E-state index in [9.17, 15) is 30.7 Å². The highest BCUT2D eigenvalue weighted by molar-refractivity contribution is 6.31. The summed E-state index contributed by atoms with van der Waals surface area (Å²) in [5, 5.41) is -15.5. The highest BCUT2D eigenvalue weighted by Crippen LogP contribution is 2.69. The van der Waals surface area contributed by atoms with E-state index in [0.717, 1.165) is 0 Å². The molecule has 0 radical (unpaired) electrons. The summed E-state index contributed by atoms with van der Waals surface area (Å²) in [4.78, 5) is 0. The maximum Gasteiger partial charge on any atom is 0.408 e. The summed E-state index contributed by atoms with van der Waals surface area (Å²) < 4.78 is 90.9. The molecule has 1 nitrogen and oxygen atoms in total. The molecule has 0 bridgehead atoms. The lowest BCUT2D eigenvalue weighted by atomic mass is 9.90. The molecule has 96 valence electrons. The fourth-order valence-corrected chi connectivity index (χ4v) is 2.15. The molecule has 0 N–H and O–H groups in total. The molecule has 1 rings (SSSR count). The molecule has 0 aromatic rings. The zero-order valence-corrected chi connectivity index (χ0v) is 8.96. The third-order valence-corrected chi connectivity index (χ3v) is 2.91. The van der Waals surface area contributed by atoms with Crippen molar-refractivity contribution >= 4 is 34.8 Å². The van der Waals surface area contributed by atoms with Crippen LogP contribution >= 0.6 is 34.8 Å². The lowest BCUT2D eigenvalue weighted by Crippen LogP contribution is -2.83. The summed E-state index contributed by atoms with van der Waals surface area (Å²) >= 11 is 12.5. The molecular weight excluding hydrogens is 315 g/mol. The van der Waals surface area contributed by atoms with Gasteiger partial charge in [-0.05, 0) is 23.2 Å². The van der Waals surface area contributed by atoms with Gasteiger partial charge in [-0.3, -0.25) is 4.74 Å². The van der Waals surface area contributed by atoms with E-state index in [-0.39, 0.29) is 0 Å². The Hall–Kier alpha value is 0.340. The molecule has 1 saturated heterocycles. The normalized spacial score (nSPS) is 33.4. The molecular formula is C5Cl3F7O. The number of ether oxygens (including phenoxy) is 1. The molecule has 16 heavy (non-hydrogen) atoms. The Morgan fingerprint density at radius 3 is 1.25 bits per heavy atom. The monoisotopic (exact) mass is 314 g/mol. The van der Waals surface area contributed by atoms with Gasteiger partial charge in [0.15, 0.2) is 0 Å². The van der Waals surface area contributed by atoms with Crippen LogP contribution in [0.4, 0.5) is 30.7 Å². The molecule has 0 aromatic heterocycles. The second-order valence-electron chi connectivity index (χ2n) is 2.87. The van der Waals surface area contributed by atoms with Crippen molar-refractivity contribution < 1.29 is 35.5 Å². The molecule has 1 aliphatic rings. The van der Waals surface area contributed by atoms with Crippen LogP contribution in [0, 0.1) is 0 Å². The molecule has 1 atom stereocenters. The molecule has 0 aliphatic carbocycles. The van der Waals surface area contributed by atoms with Gasteiger partial charge in [-0.1, -0.05) is 11.6 Å². The maximum atomic E-state index is 13.1. The van der Waals surface area contributed by atoms with E-state index >= 15 is 0 Å². The van der Waals surface area contributed by atoms with Gasteiger partial charge >= 0.3 is 22.0 Å². The molecule has 11 heteroatoms. The minimum atomic E-state index is -5.25. The summed E-state index contributed by atoms with van der Waals surface area (Å²) in [6, 6.07) is 0. The highest BCUT2D eigenvalue weighted by atomic mass is 35.5. The Balaban J connectivity index is 3.35. The van der Waals surface area contributed by atoms with Crippen LogP contribution < -0.4 is 0 Å². The van der Waals surface area contributed by atoms with Crippen LogP contribution in [-0.2, 0) is 4.74 Å². The van der Waals surface area contributed by atoms with Gasteiger partial charge in [0.2, 0.25) is 0 Å². The summed E-state index contributed by atoms with van der Waals surface area (Å²) in [6.07, 6.45) is -5.06. The summed E-state index contributed by atoms with van der Waals surface area (Å²) in [6.45, 7) is 0. The second-order valence-corrected chi connectivity index (χ2v) is 4.34. The van der Waals surface area contributed by atoms with E-state index in [2.05, 4.69) is 39.5 Å². The molecule has 0 unspecified atom stereocenters. The first-order valence-electron chi connectivity index (χ1n) is 3.30. The van der Waals surface area contributed by atoms with Crippen LogP contribution in [0.15, 0.2) is 0 Å². The van der Waals surface area contributed by atoms with E-state index < -0.39 is 27.6 Å². The highest BCUT2D eigenvalue weighted by Gasteiger charge is 2.96. The van der Waals surface area contributed by atoms with Crippen LogP contribution in [0.1, 0.15) is 0 Å². The molecule has 0 aromatic carbocycles. The zero-order chi connectivity index (χ0) is 13.2. The number of rotatable bonds is 2. The van der Waals surface area contributed by atoms with Gasteiger partial charge in [-0.2, -0.15) is 26.3 Å². The number of hydrogen-bond donors (Lipinski definition) is 0. The molecule has 0 amide bonds. The average molecular weight is 315 g/mol. The van der Waals surface area contributed by atoms with Gasteiger partial charge in [0.1, 0.15) is 0 Å². The zero-order valence-electron chi connectivity index (χ0n) is 6.69. The Morgan fingerprint density at radius 1 is 0.875 bits per heavy atom. The molecule has 1 heterocycles. The van der Waals surface area contributed by atoms with Gasteiger partial charge in [-0.25, -0.2) is 4.39 Å². The fourth-order valence-electron chi connectivity index (χ4n) is 1.11. The second kappa shape index (κ2) is 3.21. The fraction of sp³-hybridized carbons (Fsp3) is 1.00. The van der Waals surface area contributed by atoms with Crippen molar-refractivity contribution in [3.8, 4) is 0 Å². The summed E-state index contributed by atoms with van der Waals surface area (Å²) in [7, 11) is 0. The van der Waals surface area contributed by atoms with Crippen molar-refractivity contribution in [2.45, 2.75) is 27.6 Å². The van der Waals surface area contributed by atoms with Crippen molar-refractivity contribution in [1.82, 2.24) is 0 Å². The maximum absolute atomic E-state index is 13.1. The smallest absolute Gasteiger partial charge is 0.289 e. The quantitative estimate of drug-likeness (QED) is 0.554. The molecule has 0 spiro atoms. The largest absolute Gasteiger partial charge is 0.408 e. The van der Waals surface area contributed by atoms with E-state index in [4.69, 9.17) is 0 Å². The first-order chi connectivity index (χ1) is 6.71. The van der Waals surface area contributed by atoms with Crippen molar-refractivity contribution in [3.05, 3.63) is 0 Å². The molecule has 1 aliphatic heterocycles. The van der Waals surface area contributed by atoms with E-state index in [0.29, 0.717) is 0 Å². The van der Waals surface area contributed by atoms with Crippen LogP contribution in [0.25, 0.3) is 0 Å². The lowest BCUT2D eigenvalue weighted by Gasteiger charge is -2.56. The van der Waals surface area contributed by atoms with Crippen molar-refractivity contribution in [3.63, 3.8) is 0 Å². The van der Waals surface area contributed by atoms with Gasteiger partial charge in [0, 0.05) is 0 Å². The van der Waals surface area contributed by atoms with E-state index in [1.54, 1.807) is 0 Å². The predicted molar refractivity (Wildman–Crippen MR) is 40.1 cm³/mol. The lowest BCUT2D eigenvalue weighted by molar-refractivity contribution is -0.504. The first-order valence-corrected chi connectivity index (χ1v) is 4.43. The number of hydrogen-bond acceptors (Lipinski definition) is 1. The van der Waals surface area contributed by atoms with Crippen LogP contribution in [-0.4, -0.2) is 27.6 Å². The van der Waals surface area contributed by atoms with Crippen molar-refractivity contribution in [2.75, 3.05) is 0 Å². The Labute approximate surface area is 98.4 Å². The minimum Gasteiger partial charge on any atom is -0.289 e. The van der Waals surface area contributed by atoms with Gasteiger partial charge in [0.05, 0.1) is 0 Å².